The quantitative estimate of drug-likeness (QED) is 0.427. The smallest absolute Gasteiger partial charge is 0.417 e. The van der Waals surface area contributed by atoms with Crippen molar-refractivity contribution in [3.63, 3.8) is 0 Å². The van der Waals surface area contributed by atoms with Crippen LogP contribution in [0.25, 0.3) is 0 Å². The molecule has 3 N–H and O–H groups in total. The fourth-order valence-corrected chi connectivity index (χ4v) is 3.11. The van der Waals surface area contributed by atoms with Crippen molar-refractivity contribution in [3.05, 3.63) is 81.7 Å². The van der Waals surface area contributed by atoms with Crippen LogP contribution in [0.5, 0.6) is 11.5 Å². The minimum absolute atomic E-state index is 0.0309. The Kier molecular flexibility index (Phi) is 7.31. The molecule has 172 valence electrons. The number of halogens is 4. The predicted molar refractivity (Wildman–Crippen MR) is 117 cm³/mol. The van der Waals surface area contributed by atoms with Gasteiger partial charge in [-0.25, -0.2) is 14.6 Å². The Hall–Kier alpha value is -3.48. The fourth-order valence-electron chi connectivity index (χ4n) is 2.64. The molecular weight excluding hydrogens is 509 g/mol. The third-order valence-electron chi connectivity index (χ3n) is 4.16. The van der Waals surface area contributed by atoms with Crippen LogP contribution in [-0.4, -0.2) is 24.0 Å². The number of aromatic nitrogens is 1. The summed E-state index contributed by atoms with van der Waals surface area (Å²) in [4.78, 5) is 27.7. The summed E-state index contributed by atoms with van der Waals surface area (Å²) in [7, 11) is 1.14. The van der Waals surface area contributed by atoms with Crippen molar-refractivity contribution in [1.82, 2.24) is 4.98 Å². The normalized spacial score (nSPS) is 12.1. The number of carbonyl (C=O) groups is 2. The Bertz CT molecular complexity index is 1170. The number of hydroxylamine groups is 2. The number of nitrogens with zero attached hydrogens (tertiary/aromatic N) is 1. The van der Waals surface area contributed by atoms with Crippen molar-refractivity contribution < 1.29 is 32.6 Å². The van der Waals surface area contributed by atoms with E-state index in [1.54, 1.807) is 0 Å². The van der Waals surface area contributed by atoms with Crippen LogP contribution in [0.2, 0.25) is 0 Å². The lowest BCUT2D eigenvalue weighted by Gasteiger charge is -2.13. The van der Waals surface area contributed by atoms with Gasteiger partial charge in [0.2, 0.25) is 0 Å². The van der Waals surface area contributed by atoms with Crippen LogP contribution in [0, 0.1) is 5.21 Å². The molecule has 3 rings (SSSR count). The maximum Gasteiger partial charge on any atom is 0.417 e. The first-order valence-corrected chi connectivity index (χ1v) is 10.1. The molecule has 12 heteroatoms. The maximum atomic E-state index is 13.0. The number of quaternary nitrogens is 1. The standard InChI is InChI=1S/C21H16BrF3N4O4/c1-29(32)19(30)18-11-15(8-9-26-18)33-14-5-2-12(3-6-14)27-20(31)28-13-4-7-17(22)16(10-13)21(23,24)25/h2-11,29H,1H3,(H2,27,28,31). The number of amides is 3. The second kappa shape index (κ2) is 9.98. The SMILES string of the molecule is C[NH+]([O-])C(=O)c1cc(Oc2ccc(NC(=O)Nc3ccc(Br)c(C(F)(F)F)c3)cc2)ccn1. The van der Waals surface area contributed by atoms with Crippen molar-refractivity contribution >= 4 is 39.2 Å². The molecule has 33 heavy (non-hydrogen) atoms. The third-order valence-corrected chi connectivity index (χ3v) is 4.85. The second-order valence-corrected chi connectivity index (χ2v) is 7.51. The Morgan fingerprint density at radius 1 is 1.00 bits per heavy atom. The van der Waals surface area contributed by atoms with E-state index in [0.29, 0.717) is 11.4 Å². The number of nitrogens with one attached hydrogen (secondary N) is 3. The molecule has 1 aromatic heterocycles. The lowest BCUT2D eigenvalue weighted by molar-refractivity contribution is -0.732. The summed E-state index contributed by atoms with van der Waals surface area (Å²) < 4.78 is 44.5. The van der Waals surface area contributed by atoms with Crippen LogP contribution < -0.4 is 20.4 Å². The molecule has 8 nitrogen and oxygen atoms in total. The molecule has 0 spiro atoms. The molecule has 0 aliphatic heterocycles. The Morgan fingerprint density at radius 2 is 1.64 bits per heavy atom. The van der Waals surface area contributed by atoms with Gasteiger partial charge in [-0.15, -0.1) is 0 Å². The molecule has 0 saturated carbocycles. The number of ether oxygens (including phenoxy) is 1. The van der Waals surface area contributed by atoms with Crippen molar-refractivity contribution in [2.24, 2.45) is 0 Å². The predicted octanol–water partition coefficient (Wildman–Crippen LogP) is 4.45. The van der Waals surface area contributed by atoms with Gasteiger partial charge in [-0.2, -0.15) is 13.2 Å². The van der Waals surface area contributed by atoms with Gasteiger partial charge >= 0.3 is 18.1 Å². The van der Waals surface area contributed by atoms with Crippen LogP contribution in [0.3, 0.4) is 0 Å². The van der Waals surface area contributed by atoms with Crippen molar-refractivity contribution in [1.29, 1.82) is 0 Å². The highest BCUT2D eigenvalue weighted by Crippen LogP contribution is 2.36. The van der Waals surface area contributed by atoms with Gasteiger partial charge in [0.05, 0.1) is 12.6 Å². The maximum absolute atomic E-state index is 13.0. The van der Waals surface area contributed by atoms with E-state index in [1.165, 1.54) is 54.7 Å². The highest BCUT2D eigenvalue weighted by atomic mass is 79.9. The van der Waals surface area contributed by atoms with Crippen LogP contribution in [0.4, 0.5) is 29.3 Å². The molecule has 0 aliphatic rings. The van der Waals surface area contributed by atoms with E-state index < -0.39 is 28.7 Å². The highest BCUT2D eigenvalue weighted by molar-refractivity contribution is 9.10. The molecule has 2 aromatic carbocycles. The van der Waals surface area contributed by atoms with Gasteiger partial charge in [0.1, 0.15) is 11.5 Å². The summed E-state index contributed by atoms with van der Waals surface area (Å²) in [5.74, 6) is -0.0843. The van der Waals surface area contributed by atoms with E-state index >= 15 is 0 Å². The number of hydrogen-bond donors (Lipinski definition) is 3. The number of alkyl halides is 3. The van der Waals surface area contributed by atoms with Crippen LogP contribution >= 0.6 is 15.9 Å². The highest BCUT2D eigenvalue weighted by Gasteiger charge is 2.33. The Balaban J connectivity index is 1.63. The Labute approximate surface area is 194 Å². The van der Waals surface area contributed by atoms with Crippen LogP contribution in [-0.2, 0) is 6.18 Å². The number of rotatable bonds is 5. The topological polar surface area (TPSA) is 108 Å². The fraction of sp³-hybridized carbons (Fsp3) is 0.0952. The minimum atomic E-state index is -4.57. The second-order valence-electron chi connectivity index (χ2n) is 6.66. The van der Waals surface area contributed by atoms with E-state index in [0.717, 1.165) is 13.1 Å². The molecule has 3 amide bonds. The lowest BCUT2D eigenvalue weighted by atomic mass is 10.2. The van der Waals surface area contributed by atoms with E-state index in [1.807, 2.05) is 0 Å². The zero-order valence-electron chi connectivity index (χ0n) is 16.9. The number of hydrogen-bond acceptors (Lipinski definition) is 5. The van der Waals surface area contributed by atoms with Gasteiger partial charge in [-0.3, -0.25) is 0 Å². The number of anilines is 2. The van der Waals surface area contributed by atoms with Gasteiger partial charge in [0.15, 0.2) is 5.69 Å². The number of urea groups is 1. The van der Waals surface area contributed by atoms with E-state index in [2.05, 4.69) is 31.5 Å². The molecule has 1 heterocycles. The van der Waals surface area contributed by atoms with Crippen molar-refractivity contribution in [3.8, 4) is 11.5 Å². The third kappa shape index (κ3) is 6.51. The van der Waals surface area contributed by atoms with Gasteiger partial charge in [-0.05, 0) is 48.5 Å². The first-order chi connectivity index (χ1) is 15.5. The first kappa shape index (κ1) is 24.2. The largest absolute Gasteiger partial charge is 0.627 e. The number of benzene rings is 2. The number of pyridine rings is 1. The zero-order chi connectivity index (χ0) is 24.2. The molecule has 0 fully saturated rings. The average Bonchev–Trinajstić information content (AvgIpc) is 2.75. The average molecular weight is 525 g/mol. The monoisotopic (exact) mass is 524 g/mol. The molecule has 3 aromatic rings. The molecule has 1 unspecified atom stereocenters. The first-order valence-electron chi connectivity index (χ1n) is 9.27. The minimum Gasteiger partial charge on any atom is -0.627 e. The number of carbonyl (C=O) groups excluding carboxylic acids is 2. The molecule has 0 saturated heterocycles. The summed E-state index contributed by atoms with van der Waals surface area (Å²) in [5.41, 5.74) is -0.630. The molecule has 0 aliphatic carbocycles. The Morgan fingerprint density at radius 3 is 2.27 bits per heavy atom. The van der Waals surface area contributed by atoms with Crippen LogP contribution in [0.1, 0.15) is 16.1 Å². The van der Waals surface area contributed by atoms with Gasteiger partial charge in [-0.1, -0.05) is 15.9 Å². The summed E-state index contributed by atoms with van der Waals surface area (Å²) >= 11 is 2.84. The lowest BCUT2D eigenvalue weighted by Crippen LogP contribution is -3.06. The van der Waals surface area contributed by atoms with E-state index in [4.69, 9.17) is 4.74 Å². The molecular formula is C21H16BrF3N4O4. The van der Waals surface area contributed by atoms with E-state index in [9.17, 15) is 28.0 Å². The molecule has 0 radical (unpaired) electrons. The van der Waals surface area contributed by atoms with Gasteiger partial charge < -0.3 is 25.6 Å². The summed E-state index contributed by atoms with van der Waals surface area (Å²) in [6.45, 7) is 0. The van der Waals surface area contributed by atoms with Gasteiger partial charge in [0.25, 0.3) is 0 Å². The van der Waals surface area contributed by atoms with Crippen molar-refractivity contribution in [2.45, 2.75) is 6.18 Å². The summed E-state index contributed by atoms with van der Waals surface area (Å²) in [5, 5.41) is 15.4. The zero-order valence-corrected chi connectivity index (χ0v) is 18.5. The molecule has 1 atom stereocenters. The van der Waals surface area contributed by atoms with Crippen molar-refractivity contribution in [2.75, 3.05) is 17.7 Å². The molecule has 0 bridgehead atoms. The summed E-state index contributed by atoms with van der Waals surface area (Å²) in [6.07, 6.45) is -3.24. The van der Waals surface area contributed by atoms with E-state index in [-0.39, 0.29) is 21.6 Å². The summed E-state index contributed by atoms with van der Waals surface area (Å²) in [6, 6.07) is 11.5. The van der Waals surface area contributed by atoms with Crippen LogP contribution in [0.15, 0.2) is 65.3 Å². The van der Waals surface area contributed by atoms with Gasteiger partial charge in [0, 0.05) is 28.1 Å².